The van der Waals surface area contributed by atoms with Gasteiger partial charge in [0.15, 0.2) is 0 Å². The Labute approximate surface area is 122 Å². The second-order valence-electron chi connectivity index (χ2n) is 5.08. The van der Waals surface area contributed by atoms with Crippen molar-refractivity contribution in [1.29, 1.82) is 0 Å². The summed E-state index contributed by atoms with van der Waals surface area (Å²) in [6.07, 6.45) is 0. The van der Waals surface area contributed by atoms with Crippen LogP contribution in [0.3, 0.4) is 0 Å². The van der Waals surface area contributed by atoms with Gasteiger partial charge in [-0.15, -0.1) is 0 Å². The molecule has 0 spiro atoms. The van der Waals surface area contributed by atoms with Gasteiger partial charge in [0.25, 0.3) is 0 Å². The summed E-state index contributed by atoms with van der Waals surface area (Å²) in [5, 5.41) is 0. The molecule has 0 saturated carbocycles. The Morgan fingerprint density at radius 3 is 2.10 bits per heavy atom. The van der Waals surface area contributed by atoms with Crippen molar-refractivity contribution in [2.75, 3.05) is 0 Å². The minimum absolute atomic E-state index is 0.148. The first kappa shape index (κ1) is 14.4. The molecule has 4 heteroatoms. The van der Waals surface area contributed by atoms with Crippen LogP contribution in [0, 0.1) is 0 Å². The lowest BCUT2D eigenvalue weighted by molar-refractivity contribution is -0.144. The van der Waals surface area contributed by atoms with Crippen molar-refractivity contribution in [3.05, 3.63) is 71.8 Å². The highest BCUT2D eigenvalue weighted by molar-refractivity contribution is 6.29. The molecule has 2 rings (SSSR count). The summed E-state index contributed by atoms with van der Waals surface area (Å²) in [6, 6.07) is 19.8. The third-order valence-corrected chi connectivity index (χ3v) is 3.67. The minimum atomic E-state index is -0.152. The molecule has 0 saturated heterocycles. The first-order valence-corrected chi connectivity index (χ1v) is 6.94. The molecule has 0 aliphatic heterocycles. The second-order valence-corrected chi connectivity index (χ2v) is 5.08. The molecule has 0 aliphatic rings. The Bertz CT molecular complexity index is 543. The SMILES string of the molecule is BC(C(=O)OCc1ccccc1)C(B)c1ccccc1. The zero-order valence-electron chi connectivity index (χ0n) is 12.0. The van der Waals surface area contributed by atoms with Gasteiger partial charge in [0.1, 0.15) is 22.3 Å². The number of benzene rings is 2. The van der Waals surface area contributed by atoms with E-state index in [-0.39, 0.29) is 17.6 Å². The lowest BCUT2D eigenvalue weighted by atomic mass is 9.63. The average Bonchev–Trinajstić information content (AvgIpc) is 2.53. The zero-order valence-corrected chi connectivity index (χ0v) is 12.0. The van der Waals surface area contributed by atoms with Gasteiger partial charge in [-0.3, -0.25) is 4.79 Å². The highest BCUT2D eigenvalue weighted by Gasteiger charge is 2.22. The summed E-state index contributed by atoms with van der Waals surface area (Å²) < 4.78 is 5.39. The van der Waals surface area contributed by atoms with E-state index in [0.29, 0.717) is 6.61 Å². The zero-order chi connectivity index (χ0) is 14.4. The first-order chi connectivity index (χ1) is 9.68. The van der Waals surface area contributed by atoms with Crippen LogP contribution >= 0.6 is 0 Å². The topological polar surface area (TPSA) is 26.3 Å². The lowest BCUT2D eigenvalue weighted by Crippen LogP contribution is -2.20. The van der Waals surface area contributed by atoms with E-state index >= 15 is 0 Å². The van der Waals surface area contributed by atoms with Crippen molar-refractivity contribution < 1.29 is 9.53 Å². The molecule has 0 fully saturated rings. The van der Waals surface area contributed by atoms with E-state index in [1.807, 2.05) is 68.5 Å². The number of ether oxygens (including phenoxy) is 1. The normalized spacial score (nSPS) is 13.4. The molecule has 0 N–H and O–H groups in total. The van der Waals surface area contributed by atoms with Gasteiger partial charge in [0, 0.05) is 5.82 Å². The largest absolute Gasteiger partial charge is 0.461 e. The summed E-state index contributed by atoms with van der Waals surface area (Å²) in [6.45, 7) is 0.339. The molecule has 0 amide bonds. The third-order valence-electron chi connectivity index (χ3n) is 3.67. The number of esters is 1. The van der Waals surface area contributed by atoms with Gasteiger partial charge in [-0.2, -0.15) is 0 Å². The van der Waals surface area contributed by atoms with E-state index in [4.69, 9.17) is 4.74 Å². The Hall–Kier alpha value is -1.96. The quantitative estimate of drug-likeness (QED) is 0.604. The molecule has 0 radical (unpaired) electrons. The number of hydrogen-bond donors (Lipinski definition) is 0. The summed E-state index contributed by atoms with van der Waals surface area (Å²) in [5.74, 6) is -0.147. The van der Waals surface area contributed by atoms with Gasteiger partial charge < -0.3 is 4.74 Å². The van der Waals surface area contributed by atoms with Crippen molar-refractivity contribution in [2.24, 2.45) is 0 Å². The van der Waals surface area contributed by atoms with Crippen LogP contribution in [0.5, 0.6) is 0 Å². The molecule has 2 aromatic carbocycles. The molecule has 100 valence electrons. The predicted octanol–water partition coefficient (Wildman–Crippen LogP) is 1.53. The fraction of sp³-hybridized carbons (Fsp3) is 0.188. The van der Waals surface area contributed by atoms with Crippen LogP contribution in [0.1, 0.15) is 16.9 Å². The van der Waals surface area contributed by atoms with Crippen LogP contribution in [0.4, 0.5) is 0 Å². The van der Waals surface area contributed by atoms with Gasteiger partial charge in [-0.25, -0.2) is 0 Å². The molecule has 2 aromatic rings. The molecular formula is C16H18B2O2. The summed E-state index contributed by atoms with van der Waals surface area (Å²) in [7, 11) is 3.98. The van der Waals surface area contributed by atoms with Gasteiger partial charge in [-0.05, 0) is 11.4 Å². The number of rotatable bonds is 5. The minimum Gasteiger partial charge on any atom is -0.461 e. The lowest BCUT2D eigenvalue weighted by Gasteiger charge is -2.19. The number of carbonyl (C=O) groups excluding carboxylic acids is 1. The fourth-order valence-electron chi connectivity index (χ4n) is 2.11. The maximum Gasteiger partial charge on any atom is 0.300 e. The molecule has 0 heterocycles. The van der Waals surface area contributed by atoms with Crippen LogP contribution in [-0.4, -0.2) is 21.7 Å². The van der Waals surface area contributed by atoms with Crippen molar-refractivity contribution >= 4 is 21.7 Å². The summed E-state index contributed by atoms with van der Waals surface area (Å²) in [5.41, 5.74) is 2.18. The van der Waals surface area contributed by atoms with Crippen molar-refractivity contribution in [3.63, 3.8) is 0 Å². The fourth-order valence-corrected chi connectivity index (χ4v) is 2.11. The van der Waals surface area contributed by atoms with E-state index in [1.54, 1.807) is 0 Å². The monoisotopic (exact) mass is 264 g/mol. The maximum absolute atomic E-state index is 12.1. The van der Waals surface area contributed by atoms with Crippen molar-refractivity contribution in [3.8, 4) is 0 Å². The highest BCUT2D eigenvalue weighted by atomic mass is 16.5. The van der Waals surface area contributed by atoms with Gasteiger partial charge in [0.05, 0.1) is 0 Å². The Kier molecular flexibility index (Phi) is 5.05. The first-order valence-electron chi connectivity index (χ1n) is 6.94. The molecule has 2 atom stereocenters. The number of carbonyl (C=O) groups is 1. The van der Waals surface area contributed by atoms with Crippen LogP contribution in [0.15, 0.2) is 60.7 Å². The Morgan fingerprint density at radius 2 is 1.50 bits per heavy atom. The predicted molar refractivity (Wildman–Crippen MR) is 86.3 cm³/mol. The van der Waals surface area contributed by atoms with Crippen LogP contribution in [0.25, 0.3) is 0 Å². The number of hydrogen-bond acceptors (Lipinski definition) is 2. The van der Waals surface area contributed by atoms with Crippen molar-refractivity contribution in [2.45, 2.75) is 18.2 Å². The average molecular weight is 264 g/mol. The highest BCUT2D eigenvalue weighted by Crippen LogP contribution is 2.25. The van der Waals surface area contributed by atoms with E-state index in [9.17, 15) is 4.79 Å². The van der Waals surface area contributed by atoms with Crippen LogP contribution < -0.4 is 0 Å². The maximum atomic E-state index is 12.1. The van der Waals surface area contributed by atoms with E-state index in [1.165, 1.54) is 0 Å². The van der Waals surface area contributed by atoms with E-state index in [2.05, 4.69) is 7.85 Å². The van der Waals surface area contributed by atoms with E-state index < -0.39 is 0 Å². The molecule has 2 nitrogen and oxygen atoms in total. The Morgan fingerprint density at radius 1 is 0.950 bits per heavy atom. The molecule has 0 aliphatic carbocycles. The summed E-state index contributed by atoms with van der Waals surface area (Å²) >= 11 is 0. The van der Waals surface area contributed by atoms with Crippen LogP contribution in [0.2, 0.25) is 5.82 Å². The van der Waals surface area contributed by atoms with E-state index in [0.717, 1.165) is 11.1 Å². The second kappa shape index (κ2) is 6.99. The molecule has 0 bridgehead atoms. The molecule has 20 heavy (non-hydrogen) atoms. The third kappa shape index (κ3) is 3.77. The van der Waals surface area contributed by atoms with Crippen molar-refractivity contribution in [1.82, 2.24) is 0 Å². The van der Waals surface area contributed by atoms with Gasteiger partial charge in [0.2, 0.25) is 0 Å². The molecular weight excluding hydrogens is 246 g/mol. The van der Waals surface area contributed by atoms with Crippen LogP contribution in [-0.2, 0) is 16.1 Å². The Balaban J connectivity index is 1.92. The van der Waals surface area contributed by atoms with Gasteiger partial charge in [-0.1, -0.05) is 66.2 Å². The summed E-state index contributed by atoms with van der Waals surface area (Å²) in [4.78, 5) is 12.1. The smallest absolute Gasteiger partial charge is 0.300 e. The van der Waals surface area contributed by atoms with Gasteiger partial charge >= 0.3 is 5.97 Å². The standard InChI is InChI=1S/C16H18B2O2/c17-14(13-9-5-2-6-10-13)15(18)16(19)20-11-12-7-3-1-4-8-12/h1-10,14-15H,11,17-18H2. The molecule has 0 aromatic heterocycles. The molecule has 2 unspecified atom stereocenters.